The first-order valence-corrected chi connectivity index (χ1v) is 8.29. The van der Waals surface area contributed by atoms with Gasteiger partial charge in [0.15, 0.2) is 11.7 Å². The van der Waals surface area contributed by atoms with E-state index in [4.69, 9.17) is 4.42 Å². The van der Waals surface area contributed by atoms with Gasteiger partial charge in [-0.25, -0.2) is 9.37 Å². The Hall–Kier alpha value is -3.15. The van der Waals surface area contributed by atoms with Gasteiger partial charge in [-0.15, -0.1) is 0 Å². The topological polar surface area (TPSA) is 58.4 Å². The van der Waals surface area contributed by atoms with Crippen molar-refractivity contribution in [1.82, 2.24) is 4.98 Å². The van der Waals surface area contributed by atoms with Crippen LogP contribution in [0.15, 0.2) is 59.1 Å². The molecule has 0 atom stereocenters. The molecule has 0 unspecified atom stereocenters. The molecular weight excluding hydrogens is 333 g/mol. The molecule has 0 fully saturated rings. The zero-order valence-corrected chi connectivity index (χ0v) is 14.7. The molecule has 0 spiro atoms. The highest BCUT2D eigenvalue weighted by Crippen LogP contribution is 2.21. The molecule has 1 N–H and O–H groups in total. The number of benzene rings is 2. The minimum atomic E-state index is -0.302. The van der Waals surface area contributed by atoms with Crippen LogP contribution in [-0.2, 0) is 11.2 Å². The van der Waals surface area contributed by atoms with Crippen molar-refractivity contribution < 1.29 is 13.6 Å². The Balaban J connectivity index is 1.54. The number of anilines is 2. The molecule has 1 heterocycles. The standard InChI is InChI=1S/C20H20FN3O2/c1-24(2)17-9-7-16(8-10-17)23-19(25)11-12-20-22-13-18(26-20)14-3-5-15(21)6-4-14/h3-10,13H,11-12H2,1-2H3,(H,23,25). The molecule has 1 aromatic heterocycles. The van der Waals surface area contributed by atoms with Crippen LogP contribution in [0.3, 0.4) is 0 Å². The lowest BCUT2D eigenvalue weighted by molar-refractivity contribution is -0.116. The summed E-state index contributed by atoms with van der Waals surface area (Å²) in [6, 6.07) is 13.6. The fraction of sp³-hybridized carbons (Fsp3) is 0.200. The third-order valence-electron chi connectivity index (χ3n) is 3.92. The van der Waals surface area contributed by atoms with E-state index in [-0.39, 0.29) is 18.1 Å². The first kappa shape index (κ1) is 17.7. The molecule has 0 saturated heterocycles. The SMILES string of the molecule is CN(C)c1ccc(NC(=O)CCc2ncc(-c3ccc(F)cc3)o2)cc1. The largest absolute Gasteiger partial charge is 0.441 e. The number of carbonyl (C=O) groups excluding carboxylic acids is 1. The molecule has 5 nitrogen and oxygen atoms in total. The maximum Gasteiger partial charge on any atom is 0.224 e. The number of carbonyl (C=O) groups is 1. The summed E-state index contributed by atoms with van der Waals surface area (Å²) in [6.07, 6.45) is 2.24. The van der Waals surface area contributed by atoms with E-state index in [1.54, 1.807) is 18.3 Å². The number of halogens is 1. The number of aryl methyl sites for hydroxylation is 1. The zero-order chi connectivity index (χ0) is 18.5. The second-order valence-corrected chi connectivity index (χ2v) is 6.11. The zero-order valence-electron chi connectivity index (χ0n) is 14.7. The van der Waals surface area contributed by atoms with Gasteiger partial charge in [0.05, 0.1) is 6.20 Å². The van der Waals surface area contributed by atoms with Gasteiger partial charge in [-0.3, -0.25) is 4.79 Å². The smallest absolute Gasteiger partial charge is 0.224 e. The number of amides is 1. The third kappa shape index (κ3) is 4.47. The second kappa shape index (κ2) is 7.82. The summed E-state index contributed by atoms with van der Waals surface area (Å²) < 4.78 is 18.6. The lowest BCUT2D eigenvalue weighted by Gasteiger charge is -2.12. The van der Waals surface area contributed by atoms with Gasteiger partial charge in [-0.2, -0.15) is 0 Å². The van der Waals surface area contributed by atoms with Crippen LogP contribution in [0.2, 0.25) is 0 Å². The number of oxazole rings is 1. The van der Waals surface area contributed by atoms with Crippen LogP contribution >= 0.6 is 0 Å². The van der Waals surface area contributed by atoms with Crippen molar-refractivity contribution in [2.75, 3.05) is 24.3 Å². The van der Waals surface area contributed by atoms with Gasteiger partial charge < -0.3 is 14.6 Å². The predicted octanol–water partition coefficient (Wildman–Crippen LogP) is 4.12. The quantitative estimate of drug-likeness (QED) is 0.724. The van der Waals surface area contributed by atoms with Crippen LogP contribution in [0.25, 0.3) is 11.3 Å². The van der Waals surface area contributed by atoms with Crippen LogP contribution in [-0.4, -0.2) is 25.0 Å². The van der Waals surface area contributed by atoms with E-state index < -0.39 is 0 Å². The molecule has 1 amide bonds. The normalized spacial score (nSPS) is 10.6. The highest BCUT2D eigenvalue weighted by Gasteiger charge is 2.09. The molecule has 0 aliphatic carbocycles. The van der Waals surface area contributed by atoms with E-state index in [0.717, 1.165) is 16.9 Å². The maximum absolute atomic E-state index is 13.0. The second-order valence-electron chi connectivity index (χ2n) is 6.11. The van der Waals surface area contributed by atoms with Gasteiger partial charge >= 0.3 is 0 Å². The number of aromatic nitrogens is 1. The molecule has 6 heteroatoms. The van der Waals surface area contributed by atoms with Gasteiger partial charge in [0.2, 0.25) is 5.91 Å². The Morgan fingerprint density at radius 3 is 2.46 bits per heavy atom. The molecule has 0 radical (unpaired) electrons. The van der Waals surface area contributed by atoms with Gasteiger partial charge in [0, 0.05) is 43.9 Å². The molecule has 0 saturated carbocycles. The van der Waals surface area contributed by atoms with Crippen molar-refractivity contribution >= 4 is 17.3 Å². The Morgan fingerprint density at radius 1 is 1.12 bits per heavy atom. The molecule has 3 aromatic rings. The van der Waals surface area contributed by atoms with E-state index in [0.29, 0.717) is 18.1 Å². The number of hydrogen-bond acceptors (Lipinski definition) is 4. The van der Waals surface area contributed by atoms with E-state index in [1.807, 2.05) is 43.3 Å². The van der Waals surface area contributed by atoms with Crippen molar-refractivity contribution in [3.63, 3.8) is 0 Å². The summed E-state index contributed by atoms with van der Waals surface area (Å²) in [7, 11) is 3.92. The summed E-state index contributed by atoms with van der Waals surface area (Å²) in [6.45, 7) is 0. The van der Waals surface area contributed by atoms with Crippen LogP contribution in [0.4, 0.5) is 15.8 Å². The molecular formula is C20H20FN3O2. The van der Waals surface area contributed by atoms with Crippen molar-refractivity contribution in [3.8, 4) is 11.3 Å². The first-order valence-electron chi connectivity index (χ1n) is 8.29. The lowest BCUT2D eigenvalue weighted by Crippen LogP contribution is -2.13. The Bertz CT molecular complexity index is 871. The fourth-order valence-electron chi connectivity index (χ4n) is 2.46. The Morgan fingerprint density at radius 2 is 1.81 bits per heavy atom. The lowest BCUT2D eigenvalue weighted by atomic mass is 10.2. The predicted molar refractivity (Wildman–Crippen MR) is 99.6 cm³/mol. The van der Waals surface area contributed by atoms with E-state index in [9.17, 15) is 9.18 Å². The molecule has 2 aromatic carbocycles. The van der Waals surface area contributed by atoms with Gasteiger partial charge in [0.1, 0.15) is 5.82 Å². The van der Waals surface area contributed by atoms with Gasteiger partial charge in [0.25, 0.3) is 0 Å². The minimum Gasteiger partial charge on any atom is -0.441 e. The summed E-state index contributed by atoms with van der Waals surface area (Å²) in [4.78, 5) is 18.3. The van der Waals surface area contributed by atoms with Gasteiger partial charge in [-0.05, 0) is 48.5 Å². The van der Waals surface area contributed by atoms with Crippen LogP contribution in [0, 0.1) is 5.82 Å². The number of nitrogens with one attached hydrogen (secondary N) is 1. The Labute approximate surface area is 151 Å². The molecule has 134 valence electrons. The summed E-state index contributed by atoms with van der Waals surface area (Å²) in [5.74, 6) is 0.620. The van der Waals surface area contributed by atoms with E-state index >= 15 is 0 Å². The van der Waals surface area contributed by atoms with Crippen LogP contribution < -0.4 is 10.2 Å². The van der Waals surface area contributed by atoms with Crippen molar-refractivity contribution in [1.29, 1.82) is 0 Å². The van der Waals surface area contributed by atoms with Crippen LogP contribution in [0.1, 0.15) is 12.3 Å². The number of rotatable bonds is 6. The third-order valence-corrected chi connectivity index (χ3v) is 3.92. The molecule has 0 bridgehead atoms. The summed E-state index contributed by atoms with van der Waals surface area (Å²) in [5, 5.41) is 2.85. The molecule has 0 aliphatic rings. The highest BCUT2D eigenvalue weighted by molar-refractivity contribution is 5.90. The van der Waals surface area contributed by atoms with Crippen LogP contribution in [0.5, 0.6) is 0 Å². The number of hydrogen-bond donors (Lipinski definition) is 1. The average Bonchev–Trinajstić information content (AvgIpc) is 3.10. The summed E-state index contributed by atoms with van der Waals surface area (Å²) in [5.41, 5.74) is 2.56. The molecule has 26 heavy (non-hydrogen) atoms. The first-order chi connectivity index (χ1) is 12.5. The van der Waals surface area contributed by atoms with Crippen molar-refractivity contribution in [2.24, 2.45) is 0 Å². The molecule has 0 aliphatic heterocycles. The Kier molecular flexibility index (Phi) is 5.31. The summed E-state index contributed by atoms with van der Waals surface area (Å²) >= 11 is 0. The fourth-order valence-corrected chi connectivity index (χ4v) is 2.46. The number of nitrogens with zero attached hydrogens (tertiary/aromatic N) is 2. The monoisotopic (exact) mass is 353 g/mol. The van der Waals surface area contributed by atoms with Gasteiger partial charge in [-0.1, -0.05) is 0 Å². The van der Waals surface area contributed by atoms with Crippen molar-refractivity contribution in [2.45, 2.75) is 12.8 Å². The maximum atomic E-state index is 13.0. The van der Waals surface area contributed by atoms with Crippen molar-refractivity contribution in [3.05, 3.63) is 66.4 Å². The highest BCUT2D eigenvalue weighted by atomic mass is 19.1. The molecule has 3 rings (SSSR count). The minimum absolute atomic E-state index is 0.107. The van der Waals surface area contributed by atoms with E-state index in [2.05, 4.69) is 10.3 Å². The average molecular weight is 353 g/mol. The van der Waals surface area contributed by atoms with E-state index in [1.165, 1.54) is 12.1 Å².